The predicted octanol–water partition coefficient (Wildman–Crippen LogP) is 5.98. The molecule has 11 nitrogen and oxygen atoms in total. The summed E-state index contributed by atoms with van der Waals surface area (Å²) in [5.74, 6) is 6.57. The Balaban J connectivity index is 1.42. The van der Waals surface area contributed by atoms with E-state index in [2.05, 4.69) is 22.0 Å². The number of hydrazine groups is 1. The smallest absolute Gasteiger partial charge is 0.286 e. The minimum atomic E-state index is -4.05. The lowest BCUT2D eigenvalue weighted by Crippen LogP contribution is -2.47. The average Bonchev–Trinajstić information content (AvgIpc) is 3.80. The van der Waals surface area contributed by atoms with E-state index in [9.17, 15) is 22.3 Å². The highest BCUT2D eigenvalue weighted by molar-refractivity contribution is 8.24. The minimum Gasteiger partial charge on any atom is -0.299 e. The lowest BCUT2D eigenvalue weighted by Gasteiger charge is -2.40. The van der Waals surface area contributed by atoms with Gasteiger partial charge in [-0.25, -0.2) is 9.69 Å². The van der Waals surface area contributed by atoms with Crippen molar-refractivity contribution < 1.29 is 22.3 Å². The number of carbonyl (C=O) groups excluding carboxylic acids is 1. The molecule has 0 atom stereocenters. The first-order valence-corrected chi connectivity index (χ1v) is 20.6. The van der Waals surface area contributed by atoms with Crippen LogP contribution in [0.3, 0.4) is 0 Å². The van der Waals surface area contributed by atoms with Gasteiger partial charge in [0.15, 0.2) is 5.69 Å². The predicted molar refractivity (Wildman–Crippen MR) is 189 cm³/mol. The lowest BCUT2D eigenvalue weighted by atomic mass is 10.1. The summed E-state index contributed by atoms with van der Waals surface area (Å²) in [6.07, 6.45) is 7.57. The molecule has 254 valence electrons. The number of thiophene rings is 1. The van der Waals surface area contributed by atoms with Gasteiger partial charge in [0.05, 0.1) is 37.7 Å². The van der Waals surface area contributed by atoms with Crippen LogP contribution in [0.5, 0.6) is 0 Å². The third kappa shape index (κ3) is 8.36. The molecule has 6 rings (SSSR count). The summed E-state index contributed by atoms with van der Waals surface area (Å²) in [5.41, 5.74) is 4.38. The number of aromatic nitrogens is 2. The number of hydrogen-bond donors (Lipinski definition) is 4. The zero-order valence-electron chi connectivity index (χ0n) is 25.8. The molecule has 0 spiro atoms. The molecule has 1 amide bonds. The highest BCUT2D eigenvalue weighted by Crippen LogP contribution is 2.41. The van der Waals surface area contributed by atoms with Crippen LogP contribution in [0.25, 0.3) is 16.3 Å². The zero-order chi connectivity index (χ0) is 33.2. The summed E-state index contributed by atoms with van der Waals surface area (Å²) >= 11 is 14.4. The molecule has 0 unspecified atom stereocenters. The van der Waals surface area contributed by atoms with E-state index in [1.54, 1.807) is 22.9 Å². The number of amides is 1. The monoisotopic (exact) mass is 740 g/mol. The third-order valence-electron chi connectivity index (χ3n) is 8.65. The van der Waals surface area contributed by atoms with Crippen molar-refractivity contribution in [2.24, 2.45) is 5.92 Å². The first-order chi connectivity index (χ1) is 22.5. The number of piperidine rings is 1. The van der Waals surface area contributed by atoms with Crippen molar-refractivity contribution in [3.05, 3.63) is 56.5 Å². The van der Waals surface area contributed by atoms with Crippen molar-refractivity contribution in [3.8, 4) is 28.1 Å². The summed E-state index contributed by atoms with van der Waals surface area (Å²) in [4.78, 5) is 15.5. The SMILES string of the molecule is O=C(NN1CCCCC1)c1nn(-c2ccc(Cl)cc2Cl)c(-c2ccc(C#CC3CCCC3)s2)c1CNS(=O)(=O)N1CCS(O)(O)CC1. The summed E-state index contributed by atoms with van der Waals surface area (Å²) in [6, 6.07) is 8.81. The Morgan fingerprint density at radius 3 is 2.45 bits per heavy atom. The molecule has 47 heavy (non-hydrogen) atoms. The fraction of sp³-hybridized carbons (Fsp3) is 0.484. The second-order valence-corrected chi connectivity index (χ2v) is 18.1. The van der Waals surface area contributed by atoms with Gasteiger partial charge >= 0.3 is 0 Å². The van der Waals surface area contributed by atoms with Crippen molar-refractivity contribution in [2.45, 2.75) is 51.5 Å². The Labute approximate surface area is 291 Å². The highest BCUT2D eigenvalue weighted by Gasteiger charge is 2.33. The van der Waals surface area contributed by atoms with Gasteiger partial charge in [-0.05, 0) is 56.0 Å². The molecule has 1 aliphatic carbocycles. The van der Waals surface area contributed by atoms with Gasteiger partial charge in [0.2, 0.25) is 0 Å². The minimum absolute atomic E-state index is 0.0274. The van der Waals surface area contributed by atoms with Gasteiger partial charge in [-0.3, -0.25) is 19.3 Å². The Morgan fingerprint density at radius 2 is 1.74 bits per heavy atom. The van der Waals surface area contributed by atoms with Crippen molar-refractivity contribution in [1.29, 1.82) is 0 Å². The Hall–Kier alpha value is -2.16. The molecule has 2 saturated heterocycles. The first kappa shape index (κ1) is 34.7. The van der Waals surface area contributed by atoms with Crippen molar-refractivity contribution in [1.82, 2.24) is 29.2 Å². The molecule has 1 aromatic carbocycles. The van der Waals surface area contributed by atoms with Gasteiger partial charge in [-0.15, -0.1) is 11.3 Å². The number of benzene rings is 1. The van der Waals surface area contributed by atoms with Crippen LogP contribution in [0.15, 0.2) is 30.3 Å². The molecule has 3 fully saturated rings. The molecule has 1 saturated carbocycles. The number of hydrogen-bond acceptors (Lipinski definition) is 8. The van der Waals surface area contributed by atoms with Gasteiger partial charge in [-0.2, -0.15) is 33.1 Å². The topological polar surface area (TPSA) is 140 Å². The van der Waals surface area contributed by atoms with Crippen LogP contribution in [-0.2, 0) is 16.8 Å². The van der Waals surface area contributed by atoms with Crippen LogP contribution >= 0.6 is 45.1 Å². The number of nitrogens with zero attached hydrogens (tertiary/aromatic N) is 4. The molecule has 0 radical (unpaired) electrons. The standard InChI is InChI=1S/C31H38Cl2N6O5S3/c32-23-9-12-27(26(33)20-23)39-30(28-13-11-24(45-28)10-8-22-6-2-3-7-22)25(29(35-39)31(40)36-37-14-4-1-5-15-37)21-34-47(43,44)38-16-18-46(41,42)19-17-38/h9,11-13,20,22,34,41-42H,1-7,14-19,21H2,(H,36,40). The maximum absolute atomic E-state index is 13.9. The van der Waals surface area contributed by atoms with E-state index in [0.29, 0.717) is 46.0 Å². The van der Waals surface area contributed by atoms with Crippen molar-refractivity contribution in [3.63, 3.8) is 0 Å². The van der Waals surface area contributed by atoms with E-state index in [4.69, 9.17) is 28.3 Å². The molecule has 2 aromatic heterocycles. The molecule has 4 N–H and O–H groups in total. The van der Waals surface area contributed by atoms with Crippen LogP contribution in [0, 0.1) is 17.8 Å². The maximum atomic E-state index is 13.9. The maximum Gasteiger partial charge on any atom is 0.286 e. The number of halogens is 2. The Kier molecular flexibility index (Phi) is 10.9. The Morgan fingerprint density at radius 1 is 1.02 bits per heavy atom. The van der Waals surface area contributed by atoms with Gasteiger partial charge in [0, 0.05) is 49.2 Å². The molecule has 16 heteroatoms. The number of rotatable bonds is 8. The zero-order valence-corrected chi connectivity index (χ0v) is 29.7. The van der Waals surface area contributed by atoms with Crippen LogP contribution in [-0.4, -0.2) is 80.2 Å². The summed E-state index contributed by atoms with van der Waals surface area (Å²) in [7, 11) is -6.85. The average molecular weight is 742 g/mol. The van der Waals surface area contributed by atoms with Crippen molar-refractivity contribution in [2.75, 3.05) is 37.7 Å². The fourth-order valence-corrected chi connectivity index (χ4v) is 10.1. The van der Waals surface area contributed by atoms with Gasteiger partial charge in [0.25, 0.3) is 16.1 Å². The summed E-state index contributed by atoms with van der Waals surface area (Å²) in [5, 5.41) is 7.38. The van der Waals surface area contributed by atoms with Crippen LogP contribution in [0.2, 0.25) is 10.0 Å². The molecule has 3 aromatic rings. The van der Waals surface area contributed by atoms with Crippen LogP contribution in [0.1, 0.15) is 65.9 Å². The molecular weight excluding hydrogens is 703 g/mol. The molecule has 3 aliphatic rings. The van der Waals surface area contributed by atoms with Gasteiger partial charge < -0.3 is 0 Å². The molecule has 0 bridgehead atoms. The van der Waals surface area contributed by atoms with E-state index in [1.165, 1.54) is 28.5 Å². The first-order valence-electron chi connectivity index (χ1n) is 15.7. The van der Waals surface area contributed by atoms with Crippen molar-refractivity contribution >= 4 is 61.2 Å². The van der Waals surface area contributed by atoms with Crippen LogP contribution in [0.4, 0.5) is 0 Å². The van der Waals surface area contributed by atoms with E-state index in [0.717, 1.165) is 41.9 Å². The Bertz CT molecular complexity index is 1780. The second kappa shape index (κ2) is 14.8. The molecule has 4 heterocycles. The van der Waals surface area contributed by atoms with E-state index >= 15 is 0 Å². The van der Waals surface area contributed by atoms with E-state index < -0.39 is 26.7 Å². The molecule has 2 aliphatic heterocycles. The summed E-state index contributed by atoms with van der Waals surface area (Å²) in [6.45, 7) is 1.10. The van der Waals surface area contributed by atoms with Gasteiger partial charge in [0.1, 0.15) is 0 Å². The highest BCUT2D eigenvalue weighted by atomic mass is 35.5. The molecular formula is C31H38Cl2N6O5S3. The largest absolute Gasteiger partial charge is 0.299 e. The normalized spacial score (nSPS) is 20.1. The fourth-order valence-electron chi connectivity index (χ4n) is 6.06. The van der Waals surface area contributed by atoms with E-state index in [-0.39, 0.29) is 36.8 Å². The van der Waals surface area contributed by atoms with Gasteiger partial charge in [-0.1, -0.05) is 54.3 Å². The number of nitrogens with one attached hydrogen (secondary N) is 2. The lowest BCUT2D eigenvalue weighted by molar-refractivity contribution is 0.0743. The van der Waals surface area contributed by atoms with Crippen LogP contribution < -0.4 is 10.1 Å². The second-order valence-electron chi connectivity index (χ2n) is 12.0. The van der Waals surface area contributed by atoms with E-state index in [1.807, 2.05) is 17.1 Å². The number of carbonyl (C=O) groups is 1. The quantitative estimate of drug-likeness (QED) is 0.209. The summed E-state index contributed by atoms with van der Waals surface area (Å²) < 4.78 is 52.4. The third-order valence-corrected chi connectivity index (χ3v) is 13.4.